The topological polar surface area (TPSA) is 46.9 Å². The lowest BCUT2D eigenvalue weighted by atomic mass is 10.2. The SMILES string of the molecule is CC(=O)NCc1c(C)nn(-c2ccccc2)c1C. The second kappa shape index (κ2) is 5.04. The summed E-state index contributed by atoms with van der Waals surface area (Å²) < 4.78 is 1.91. The summed E-state index contributed by atoms with van der Waals surface area (Å²) in [6.07, 6.45) is 0. The van der Waals surface area contributed by atoms with Crippen molar-refractivity contribution in [1.29, 1.82) is 0 Å². The third-order valence-corrected chi connectivity index (χ3v) is 2.96. The monoisotopic (exact) mass is 243 g/mol. The van der Waals surface area contributed by atoms with Gasteiger partial charge in [0.1, 0.15) is 0 Å². The second-order valence-corrected chi connectivity index (χ2v) is 4.31. The van der Waals surface area contributed by atoms with Gasteiger partial charge in [-0.05, 0) is 26.0 Å². The quantitative estimate of drug-likeness (QED) is 0.897. The molecule has 1 heterocycles. The van der Waals surface area contributed by atoms with E-state index in [2.05, 4.69) is 10.4 Å². The molecule has 0 aliphatic rings. The molecule has 0 fully saturated rings. The van der Waals surface area contributed by atoms with Gasteiger partial charge in [-0.1, -0.05) is 18.2 Å². The first-order valence-electron chi connectivity index (χ1n) is 5.94. The van der Waals surface area contributed by atoms with Gasteiger partial charge < -0.3 is 5.32 Å². The highest BCUT2D eigenvalue weighted by Crippen LogP contribution is 2.17. The molecule has 2 aromatic rings. The van der Waals surface area contributed by atoms with Crippen LogP contribution in [0.1, 0.15) is 23.9 Å². The van der Waals surface area contributed by atoms with Crippen LogP contribution in [0.4, 0.5) is 0 Å². The maximum absolute atomic E-state index is 11.0. The van der Waals surface area contributed by atoms with Crippen LogP contribution in [0, 0.1) is 13.8 Å². The summed E-state index contributed by atoms with van der Waals surface area (Å²) in [5.41, 5.74) is 4.12. The molecule has 0 unspecified atom stereocenters. The maximum Gasteiger partial charge on any atom is 0.217 e. The van der Waals surface area contributed by atoms with E-state index in [0.29, 0.717) is 6.54 Å². The summed E-state index contributed by atoms with van der Waals surface area (Å²) in [5, 5.41) is 7.34. The smallest absolute Gasteiger partial charge is 0.217 e. The second-order valence-electron chi connectivity index (χ2n) is 4.31. The minimum absolute atomic E-state index is 0.0266. The van der Waals surface area contributed by atoms with E-state index in [1.54, 1.807) is 0 Å². The molecule has 0 atom stereocenters. The number of rotatable bonds is 3. The predicted octanol–water partition coefficient (Wildman–Crippen LogP) is 2.13. The van der Waals surface area contributed by atoms with Gasteiger partial charge >= 0.3 is 0 Å². The highest BCUT2D eigenvalue weighted by molar-refractivity contribution is 5.72. The van der Waals surface area contributed by atoms with Crippen LogP contribution in [0.15, 0.2) is 30.3 Å². The number of aromatic nitrogens is 2. The highest BCUT2D eigenvalue weighted by atomic mass is 16.1. The Balaban J connectivity index is 2.35. The molecule has 1 aromatic carbocycles. The standard InChI is InChI=1S/C14H17N3O/c1-10-14(9-15-12(3)18)11(2)17(16-10)13-7-5-4-6-8-13/h4-8H,9H2,1-3H3,(H,15,18). The number of nitrogens with zero attached hydrogens (tertiary/aromatic N) is 2. The molecule has 1 amide bonds. The Hall–Kier alpha value is -2.10. The average molecular weight is 243 g/mol. The summed E-state index contributed by atoms with van der Waals surface area (Å²) >= 11 is 0. The van der Waals surface area contributed by atoms with Crippen LogP contribution in [0.25, 0.3) is 5.69 Å². The van der Waals surface area contributed by atoms with E-state index in [0.717, 1.165) is 22.6 Å². The number of benzene rings is 1. The summed E-state index contributed by atoms with van der Waals surface area (Å²) in [7, 11) is 0. The van der Waals surface area contributed by atoms with Gasteiger partial charge in [-0.3, -0.25) is 4.79 Å². The zero-order chi connectivity index (χ0) is 13.1. The fourth-order valence-electron chi connectivity index (χ4n) is 1.96. The summed E-state index contributed by atoms with van der Waals surface area (Å²) in [5.74, 6) is -0.0266. The zero-order valence-electron chi connectivity index (χ0n) is 10.9. The van der Waals surface area contributed by atoms with E-state index in [-0.39, 0.29) is 5.91 Å². The molecule has 94 valence electrons. The Bertz CT molecular complexity index is 558. The number of carbonyl (C=O) groups is 1. The lowest BCUT2D eigenvalue weighted by Gasteiger charge is -2.05. The number of hydrogen-bond acceptors (Lipinski definition) is 2. The molecule has 4 nitrogen and oxygen atoms in total. The minimum Gasteiger partial charge on any atom is -0.352 e. The van der Waals surface area contributed by atoms with Crippen LogP contribution < -0.4 is 5.32 Å². The van der Waals surface area contributed by atoms with Crippen molar-refractivity contribution in [3.8, 4) is 5.69 Å². The van der Waals surface area contributed by atoms with Crippen LogP contribution in [0.5, 0.6) is 0 Å². The molecule has 1 aromatic heterocycles. The summed E-state index contributed by atoms with van der Waals surface area (Å²) in [6, 6.07) is 9.98. The van der Waals surface area contributed by atoms with Crippen molar-refractivity contribution in [3.63, 3.8) is 0 Å². The first-order chi connectivity index (χ1) is 8.59. The van der Waals surface area contributed by atoms with Crippen LogP contribution in [0.2, 0.25) is 0 Å². The number of aryl methyl sites for hydroxylation is 1. The van der Waals surface area contributed by atoms with E-state index in [1.165, 1.54) is 6.92 Å². The third-order valence-electron chi connectivity index (χ3n) is 2.96. The van der Waals surface area contributed by atoms with Gasteiger partial charge in [-0.15, -0.1) is 0 Å². The van der Waals surface area contributed by atoms with Gasteiger partial charge in [-0.2, -0.15) is 5.10 Å². The molecule has 0 radical (unpaired) electrons. The molecule has 0 saturated carbocycles. The molecule has 18 heavy (non-hydrogen) atoms. The Morgan fingerprint density at radius 1 is 1.28 bits per heavy atom. The first kappa shape index (κ1) is 12.4. The molecule has 0 aliphatic carbocycles. The molecule has 0 saturated heterocycles. The van der Waals surface area contributed by atoms with Crippen LogP contribution in [0.3, 0.4) is 0 Å². The molecule has 0 aliphatic heterocycles. The Morgan fingerprint density at radius 3 is 2.56 bits per heavy atom. The fraction of sp³-hybridized carbons (Fsp3) is 0.286. The normalized spacial score (nSPS) is 10.4. The fourth-order valence-corrected chi connectivity index (χ4v) is 1.96. The van der Waals surface area contributed by atoms with Crippen molar-refractivity contribution < 1.29 is 4.79 Å². The Morgan fingerprint density at radius 2 is 1.94 bits per heavy atom. The van der Waals surface area contributed by atoms with E-state index < -0.39 is 0 Å². The van der Waals surface area contributed by atoms with Crippen molar-refractivity contribution in [3.05, 3.63) is 47.3 Å². The highest BCUT2D eigenvalue weighted by Gasteiger charge is 2.12. The number of para-hydroxylation sites is 1. The number of carbonyl (C=O) groups excluding carboxylic acids is 1. The molecular formula is C14H17N3O. The Kier molecular flexibility index (Phi) is 3.46. The van der Waals surface area contributed by atoms with E-state index in [1.807, 2.05) is 48.9 Å². The van der Waals surface area contributed by atoms with Gasteiger partial charge in [0.15, 0.2) is 0 Å². The predicted molar refractivity (Wildman–Crippen MR) is 70.6 cm³/mol. The van der Waals surface area contributed by atoms with Gasteiger partial charge in [0.2, 0.25) is 5.91 Å². The molecule has 4 heteroatoms. The van der Waals surface area contributed by atoms with Gasteiger partial charge in [0, 0.05) is 24.7 Å². The minimum atomic E-state index is -0.0266. The zero-order valence-corrected chi connectivity index (χ0v) is 10.9. The third kappa shape index (κ3) is 2.42. The van der Waals surface area contributed by atoms with E-state index in [4.69, 9.17) is 0 Å². The molecule has 0 spiro atoms. The van der Waals surface area contributed by atoms with Crippen molar-refractivity contribution >= 4 is 5.91 Å². The molecule has 0 bridgehead atoms. The van der Waals surface area contributed by atoms with E-state index >= 15 is 0 Å². The van der Waals surface area contributed by atoms with Crippen molar-refractivity contribution in [2.75, 3.05) is 0 Å². The van der Waals surface area contributed by atoms with Gasteiger partial charge in [-0.25, -0.2) is 4.68 Å². The van der Waals surface area contributed by atoms with Gasteiger partial charge in [0.05, 0.1) is 11.4 Å². The lowest BCUT2D eigenvalue weighted by Crippen LogP contribution is -2.19. The number of hydrogen-bond donors (Lipinski definition) is 1. The molecule has 1 N–H and O–H groups in total. The number of nitrogens with one attached hydrogen (secondary N) is 1. The Labute approximate surface area is 107 Å². The van der Waals surface area contributed by atoms with Gasteiger partial charge in [0.25, 0.3) is 0 Å². The van der Waals surface area contributed by atoms with Crippen molar-refractivity contribution in [2.45, 2.75) is 27.3 Å². The maximum atomic E-state index is 11.0. The number of amides is 1. The van der Waals surface area contributed by atoms with Crippen LogP contribution in [-0.4, -0.2) is 15.7 Å². The molecule has 2 rings (SSSR count). The summed E-state index contributed by atoms with van der Waals surface area (Å²) in [4.78, 5) is 11.0. The van der Waals surface area contributed by atoms with Crippen LogP contribution in [-0.2, 0) is 11.3 Å². The molecular weight excluding hydrogens is 226 g/mol. The van der Waals surface area contributed by atoms with E-state index in [9.17, 15) is 4.79 Å². The lowest BCUT2D eigenvalue weighted by molar-refractivity contribution is -0.119. The first-order valence-corrected chi connectivity index (χ1v) is 5.94. The average Bonchev–Trinajstić information content (AvgIpc) is 2.63. The largest absolute Gasteiger partial charge is 0.352 e. The van der Waals surface area contributed by atoms with Crippen molar-refractivity contribution in [2.24, 2.45) is 0 Å². The van der Waals surface area contributed by atoms with Crippen molar-refractivity contribution in [1.82, 2.24) is 15.1 Å². The van der Waals surface area contributed by atoms with Crippen LogP contribution >= 0.6 is 0 Å². The summed E-state index contributed by atoms with van der Waals surface area (Å²) in [6.45, 7) is 6.03.